The molecule has 3 nitrogen and oxygen atoms in total. The SMILES string of the molecule is CCc1ccc(OC)c(C(C)(N)CCO)c1. The lowest BCUT2D eigenvalue weighted by Gasteiger charge is -2.26. The number of aliphatic hydroxyl groups is 1. The Balaban J connectivity index is 3.17. The standard InChI is InChI=1S/C13H21NO2/c1-4-10-5-6-12(16-3)11(9-10)13(2,14)7-8-15/h5-6,9,15H,4,7-8,14H2,1-3H3. The van der Waals surface area contributed by atoms with Crippen LogP contribution in [0, 0.1) is 0 Å². The van der Waals surface area contributed by atoms with Crippen molar-refractivity contribution in [1.29, 1.82) is 0 Å². The van der Waals surface area contributed by atoms with Crippen molar-refractivity contribution in [1.82, 2.24) is 0 Å². The third kappa shape index (κ3) is 2.74. The molecule has 0 aliphatic carbocycles. The van der Waals surface area contributed by atoms with Gasteiger partial charge in [0.2, 0.25) is 0 Å². The molecule has 1 aromatic rings. The quantitative estimate of drug-likeness (QED) is 0.800. The molecule has 0 saturated heterocycles. The summed E-state index contributed by atoms with van der Waals surface area (Å²) in [5, 5.41) is 9.03. The monoisotopic (exact) mass is 223 g/mol. The first kappa shape index (κ1) is 13.0. The summed E-state index contributed by atoms with van der Waals surface area (Å²) in [6.07, 6.45) is 1.49. The molecule has 1 unspecified atom stereocenters. The van der Waals surface area contributed by atoms with E-state index in [4.69, 9.17) is 15.6 Å². The lowest BCUT2D eigenvalue weighted by molar-refractivity contribution is 0.244. The van der Waals surface area contributed by atoms with Gasteiger partial charge in [-0.3, -0.25) is 0 Å². The fourth-order valence-corrected chi connectivity index (χ4v) is 1.79. The Morgan fingerprint density at radius 3 is 2.62 bits per heavy atom. The molecule has 1 aromatic carbocycles. The fraction of sp³-hybridized carbons (Fsp3) is 0.538. The average molecular weight is 223 g/mol. The van der Waals surface area contributed by atoms with Crippen molar-refractivity contribution in [2.75, 3.05) is 13.7 Å². The predicted octanol–water partition coefficient (Wildman–Crippen LogP) is 1.81. The number of hydrogen-bond acceptors (Lipinski definition) is 3. The molecule has 3 N–H and O–H groups in total. The zero-order valence-electron chi connectivity index (χ0n) is 10.3. The second kappa shape index (κ2) is 5.32. The fourth-order valence-electron chi connectivity index (χ4n) is 1.79. The van der Waals surface area contributed by atoms with E-state index in [1.807, 2.05) is 19.1 Å². The normalized spacial score (nSPS) is 14.6. The number of aliphatic hydroxyl groups excluding tert-OH is 1. The van der Waals surface area contributed by atoms with Crippen LogP contribution in [-0.2, 0) is 12.0 Å². The van der Waals surface area contributed by atoms with E-state index < -0.39 is 5.54 Å². The van der Waals surface area contributed by atoms with E-state index in [9.17, 15) is 0 Å². The molecule has 3 heteroatoms. The zero-order chi connectivity index (χ0) is 12.2. The van der Waals surface area contributed by atoms with Crippen molar-refractivity contribution in [3.63, 3.8) is 0 Å². The van der Waals surface area contributed by atoms with Crippen LogP contribution in [0.3, 0.4) is 0 Å². The average Bonchev–Trinajstić information content (AvgIpc) is 2.28. The van der Waals surface area contributed by atoms with Gasteiger partial charge in [-0.05, 0) is 31.4 Å². The Hall–Kier alpha value is -1.06. The van der Waals surface area contributed by atoms with Crippen molar-refractivity contribution >= 4 is 0 Å². The molecular weight excluding hydrogens is 202 g/mol. The largest absolute Gasteiger partial charge is 0.496 e. The Bertz CT molecular complexity index is 348. The van der Waals surface area contributed by atoms with Crippen LogP contribution in [0.1, 0.15) is 31.4 Å². The van der Waals surface area contributed by atoms with Gasteiger partial charge in [-0.1, -0.05) is 19.1 Å². The molecule has 0 fully saturated rings. The van der Waals surface area contributed by atoms with Gasteiger partial charge in [0.1, 0.15) is 5.75 Å². The Labute approximate surface area is 97.2 Å². The summed E-state index contributed by atoms with van der Waals surface area (Å²) in [5.41, 5.74) is 7.85. The number of nitrogens with two attached hydrogens (primary N) is 1. The second-order valence-electron chi connectivity index (χ2n) is 4.28. The van der Waals surface area contributed by atoms with Crippen LogP contribution in [0.25, 0.3) is 0 Å². The van der Waals surface area contributed by atoms with Crippen LogP contribution in [-0.4, -0.2) is 18.8 Å². The van der Waals surface area contributed by atoms with Gasteiger partial charge >= 0.3 is 0 Å². The van der Waals surface area contributed by atoms with Gasteiger partial charge in [-0.2, -0.15) is 0 Å². The summed E-state index contributed by atoms with van der Waals surface area (Å²) >= 11 is 0. The van der Waals surface area contributed by atoms with Crippen LogP contribution in [0.2, 0.25) is 0 Å². The molecule has 0 spiro atoms. The molecule has 0 aromatic heterocycles. The molecule has 0 heterocycles. The molecule has 1 atom stereocenters. The maximum Gasteiger partial charge on any atom is 0.123 e. The van der Waals surface area contributed by atoms with Crippen molar-refractivity contribution < 1.29 is 9.84 Å². The van der Waals surface area contributed by atoms with E-state index >= 15 is 0 Å². The van der Waals surface area contributed by atoms with Gasteiger partial charge in [0.05, 0.1) is 7.11 Å². The molecule has 90 valence electrons. The molecule has 0 amide bonds. The zero-order valence-corrected chi connectivity index (χ0v) is 10.3. The van der Waals surface area contributed by atoms with E-state index in [2.05, 4.69) is 13.0 Å². The van der Waals surface area contributed by atoms with Gasteiger partial charge < -0.3 is 15.6 Å². The molecule has 1 rings (SSSR count). The summed E-state index contributed by atoms with van der Waals surface area (Å²) in [6.45, 7) is 4.10. The van der Waals surface area contributed by atoms with Gasteiger partial charge in [0.15, 0.2) is 0 Å². The van der Waals surface area contributed by atoms with Gasteiger partial charge in [0.25, 0.3) is 0 Å². The highest BCUT2D eigenvalue weighted by atomic mass is 16.5. The number of benzene rings is 1. The minimum absolute atomic E-state index is 0.0759. The van der Waals surface area contributed by atoms with Crippen LogP contribution in [0.15, 0.2) is 18.2 Å². The van der Waals surface area contributed by atoms with Gasteiger partial charge in [-0.15, -0.1) is 0 Å². The molecule has 0 bridgehead atoms. The van der Waals surface area contributed by atoms with E-state index in [0.29, 0.717) is 6.42 Å². The van der Waals surface area contributed by atoms with Crippen molar-refractivity contribution in [2.24, 2.45) is 5.73 Å². The summed E-state index contributed by atoms with van der Waals surface area (Å²) in [4.78, 5) is 0. The molecule has 0 aliphatic rings. The van der Waals surface area contributed by atoms with E-state index in [1.54, 1.807) is 7.11 Å². The van der Waals surface area contributed by atoms with Gasteiger partial charge in [-0.25, -0.2) is 0 Å². The van der Waals surface area contributed by atoms with Crippen LogP contribution < -0.4 is 10.5 Å². The lowest BCUT2D eigenvalue weighted by atomic mass is 9.88. The van der Waals surface area contributed by atoms with Crippen molar-refractivity contribution in [3.8, 4) is 5.75 Å². The topological polar surface area (TPSA) is 55.5 Å². The molecule has 0 saturated carbocycles. The van der Waals surface area contributed by atoms with Gasteiger partial charge in [0, 0.05) is 17.7 Å². The minimum atomic E-state index is -0.550. The first-order valence-electron chi connectivity index (χ1n) is 5.62. The number of methoxy groups -OCH3 is 1. The van der Waals surface area contributed by atoms with Crippen LogP contribution in [0.5, 0.6) is 5.75 Å². The van der Waals surface area contributed by atoms with E-state index in [-0.39, 0.29) is 6.61 Å². The van der Waals surface area contributed by atoms with Crippen molar-refractivity contribution in [3.05, 3.63) is 29.3 Å². The maximum absolute atomic E-state index is 9.03. The second-order valence-corrected chi connectivity index (χ2v) is 4.28. The molecular formula is C13H21NO2. The summed E-state index contributed by atoms with van der Waals surface area (Å²) in [5.74, 6) is 0.788. The van der Waals surface area contributed by atoms with Crippen LogP contribution >= 0.6 is 0 Å². The number of rotatable bonds is 5. The Morgan fingerprint density at radius 2 is 2.12 bits per heavy atom. The smallest absolute Gasteiger partial charge is 0.123 e. The first-order chi connectivity index (χ1) is 7.55. The highest BCUT2D eigenvalue weighted by Gasteiger charge is 2.24. The third-order valence-corrected chi connectivity index (χ3v) is 2.92. The third-order valence-electron chi connectivity index (χ3n) is 2.92. The highest BCUT2D eigenvalue weighted by molar-refractivity contribution is 5.41. The first-order valence-corrected chi connectivity index (χ1v) is 5.62. The minimum Gasteiger partial charge on any atom is -0.496 e. The maximum atomic E-state index is 9.03. The predicted molar refractivity (Wildman–Crippen MR) is 65.6 cm³/mol. The number of ether oxygens (including phenoxy) is 1. The summed E-state index contributed by atoms with van der Waals surface area (Å²) < 4.78 is 5.32. The van der Waals surface area contributed by atoms with E-state index in [1.165, 1.54) is 5.56 Å². The number of hydrogen-bond donors (Lipinski definition) is 2. The molecule has 16 heavy (non-hydrogen) atoms. The van der Waals surface area contributed by atoms with E-state index in [0.717, 1.165) is 17.7 Å². The Kier molecular flexibility index (Phi) is 4.33. The Morgan fingerprint density at radius 1 is 1.44 bits per heavy atom. The summed E-state index contributed by atoms with van der Waals surface area (Å²) in [7, 11) is 1.64. The number of aryl methyl sites for hydroxylation is 1. The van der Waals surface area contributed by atoms with Crippen molar-refractivity contribution in [2.45, 2.75) is 32.2 Å². The molecule has 0 radical (unpaired) electrons. The molecule has 0 aliphatic heterocycles. The van der Waals surface area contributed by atoms with Crippen LogP contribution in [0.4, 0.5) is 0 Å². The lowest BCUT2D eigenvalue weighted by Crippen LogP contribution is -2.34. The summed E-state index contributed by atoms with van der Waals surface area (Å²) in [6, 6.07) is 6.04. The highest BCUT2D eigenvalue weighted by Crippen LogP contribution is 2.31.